The van der Waals surface area contributed by atoms with Gasteiger partial charge in [-0.1, -0.05) is 68.5 Å². The van der Waals surface area contributed by atoms with Crippen molar-refractivity contribution in [1.82, 2.24) is 14.3 Å². The Morgan fingerprint density at radius 1 is 0.929 bits per heavy atom. The Hall–Kier alpha value is -1.47. The second-order valence-corrected chi connectivity index (χ2v) is 11.2. The zero-order chi connectivity index (χ0) is 20.7. The van der Waals surface area contributed by atoms with Crippen molar-refractivity contribution in [1.29, 1.82) is 0 Å². The number of nitrogens with zero attached hydrogens (tertiary/aromatic N) is 2. The lowest BCUT2D eigenvalue weighted by molar-refractivity contribution is 0.459. The first-order valence-corrected chi connectivity index (χ1v) is 12.0. The first-order chi connectivity index (χ1) is 13.0. The van der Waals surface area contributed by atoms with Crippen molar-refractivity contribution in [3.05, 3.63) is 51.5 Å². The Morgan fingerprint density at radius 3 is 2.29 bits per heavy atom. The number of halogens is 3. The summed E-state index contributed by atoms with van der Waals surface area (Å²) in [5.74, 6) is -0.845. The molecule has 0 aliphatic carbocycles. The Bertz CT molecular complexity index is 1280. The summed E-state index contributed by atoms with van der Waals surface area (Å²) >= 11 is 18.1. The van der Waals surface area contributed by atoms with Crippen LogP contribution in [0.15, 0.2) is 45.6 Å². The summed E-state index contributed by atoms with van der Waals surface area (Å²) in [5.41, 5.74) is 0.435. The topological polar surface area (TPSA) is 126 Å². The number of phenols is 1. The van der Waals surface area contributed by atoms with Crippen LogP contribution in [-0.4, -0.2) is 32.1 Å². The maximum absolute atomic E-state index is 12.5. The molecule has 0 spiro atoms. The summed E-state index contributed by atoms with van der Waals surface area (Å²) in [7, 11) is -9.39. The number of phenolic OH excluding ortho intramolecular Hbond substituents is 1. The molecule has 0 saturated carbocycles. The highest BCUT2D eigenvalue weighted by Crippen LogP contribution is 2.35. The quantitative estimate of drug-likeness (QED) is 0.548. The molecule has 0 aliphatic rings. The van der Waals surface area contributed by atoms with Crippen LogP contribution in [0.5, 0.6) is 5.75 Å². The van der Waals surface area contributed by atoms with Crippen molar-refractivity contribution in [2.75, 3.05) is 0 Å². The monoisotopic (exact) mass is 499 g/mol. The van der Waals surface area contributed by atoms with Crippen LogP contribution < -0.4 is 4.13 Å². The fourth-order valence-corrected chi connectivity index (χ4v) is 7.12. The summed E-state index contributed by atoms with van der Waals surface area (Å²) in [4.78, 5) is -0.801. The number of benzene rings is 2. The highest BCUT2D eigenvalue weighted by atomic mass is 35.5. The Labute approximate surface area is 178 Å². The van der Waals surface area contributed by atoms with Gasteiger partial charge < -0.3 is 5.11 Å². The number of rotatable bonds is 5. The predicted molar refractivity (Wildman–Crippen MR) is 106 cm³/mol. The van der Waals surface area contributed by atoms with Gasteiger partial charge in [0.2, 0.25) is 4.34 Å². The number of aromatic nitrogens is 2. The summed E-state index contributed by atoms with van der Waals surface area (Å²) in [5, 5.41) is 17.2. The van der Waals surface area contributed by atoms with E-state index in [1.54, 1.807) is 24.3 Å². The molecule has 3 aromatic rings. The van der Waals surface area contributed by atoms with Crippen molar-refractivity contribution < 1.29 is 21.9 Å². The molecule has 0 amide bonds. The Morgan fingerprint density at radius 2 is 1.61 bits per heavy atom. The van der Waals surface area contributed by atoms with Gasteiger partial charge in [-0.2, -0.15) is 0 Å². The normalized spacial score (nSPS) is 12.2. The predicted octanol–water partition coefficient (Wildman–Crippen LogP) is 3.54. The fourth-order valence-electron chi connectivity index (χ4n) is 2.03. The summed E-state index contributed by atoms with van der Waals surface area (Å²) in [6.07, 6.45) is 0. The van der Waals surface area contributed by atoms with Gasteiger partial charge in [0.25, 0.3) is 20.0 Å². The largest absolute Gasteiger partial charge is 0.505 e. The number of hydrogen-bond donors (Lipinski definition) is 2. The first-order valence-electron chi connectivity index (χ1n) is 7.06. The minimum Gasteiger partial charge on any atom is -0.505 e. The third-order valence-corrected chi connectivity index (χ3v) is 8.93. The summed E-state index contributed by atoms with van der Waals surface area (Å²) in [6, 6.07) is 8.51. The van der Waals surface area contributed by atoms with Crippen molar-refractivity contribution >= 4 is 66.2 Å². The zero-order valence-electron chi connectivity index (χ0n) is 13.3. The minimum atomic E-state index is -4.75. The van der Waals surface area contributed by atoms with E-state index in [4.69, 9.17) is 34.8 Å². The van der Waals surface area contributed by atoms with Gasteiger partial charge in [-0.25, -0.2) is 16.8 Å². The number of hydrogen-bond acceptors (Lipinski definition) is 8. The van der Waals surface area contributed by atoms with E-state index in [2.05, 4.69) is 10.2 Å². The van der Waals surface area contributed by atoms with Crippen LogP contribution in [0.3, 0.4) is 0 Å². The van der Waals surface area contributed by atoms with E-state index in [1.165, 1.54) is 4.13 Å². The molecule has 148 valence electrons. The van der Waals surface area contributed by atoms with Gasteiger partial charge in [-0.15, -0.1) is 10.2 Å². The van der Waals surface area contributed by atoms with E-state index in [-0.39, 0.29) is 15.1 Å². The van der Waals surface area contributed by atoms with E-state index < -0.39 is 35.0 Å². The van der Waals surface area contributed by atoms with Gasteiger partial charge in [0.15, 0.2) is 5.75 Å². The van der Waals surface area contributed by atoms with Crippen LogP contribution in [0.4, 0.5) is 0 Å². The molecule has 1 aromatic heterocycles. The van der Waals surface area contributed by atoms with E-state index in [0.717, 1.165) is 12.1 Å². The van der Waals surface area contributed by atoms with Crippen LogP contribution in [0.2, 0.25) is 15.1 Å². The van der Waals surface area contributed by atoms with E-state index >= 15 is 0 Å². The van der Waals surface area contributed by atoms with Gasteiger partial charge in [-0.05, 0) is 18.2 Å². The van der Waals surface area contributed by atoms with E-state index in [0.29, 0.717) is 21.9 Å². The second kappa shape index (κ2) is 7.75. The number of aromatic hydroxyl groups is 1. The van der Waals surface area contributed by atoms with Crippen LogP contribution in [0.25, 0.3) is 10.6 Å². The molecule has 0 aliphatic heterocycles. The van der Waals surface area contributed by atoms with Gasteiger partial charge >= 0.3 is 0 Å². The molecule has 2 aromatic carbocycles. The lowest BCUT2D eigenvalue weighted by Gasteiger charge is -2.09. The molecule has 1 heterocycles. The van der Waals surface area contributed by atoms with Crippen LogP contribution >= 0.6 is 46.1 Å². The molecule has 28 heavy (non-hydrogen) atoms. The van der Waals surface area contributed by atoms with Crippen molar-refractivity contribution in [3.8, 4) is 16.3 Å². The molecule has 0 bridgehead atoms. The van der Waals surface area contributed by atoms with Crippen molar-refractivity contribution in [2.24, 2.45) is 0 Å². The molecule has 0 radical (unpaired) electrons. The average molecular weight is 501 g/mol. The minimum absolute atomic E-state index is 0.113. The number of nitrogens with one attached hydrogen (secondary N) is 1. The van der Waals surface area contributed by atoms with Gasteiger partial charge in [0, 0.05) is 10.6 Å². The highest BCUT2D eigenvalue weighted by molar-refractivity contribution is 8.05. The summed E-state index contributed by atoms with van der Waals surface area (Å²) < 4.78 is 50.7. The van der Waals surface area contributed by atoms with Gasteiger partial charge in [0.1, 0.15) is 9.90 Å². The molecule has 2 N–H and O–H groups in total. The Balaban J connectivity index is 1.98. The van der Waals surface area contributed by atoms with Crippen LogP contribution in [0.1, 0.15) is 0 Å². The third kappa shape index (κ3) is 4.25. The van der Waals surface area contributed by atoms with E-state index in [9.17, 15) is 21.9 Å². The SMILES string of the molecule is O=S(=O)(NS(=O)(=O)c1cc(Cl)cc(Cl)c1O)c1nnc(-c2ccccc2Cl)s1. The second-order valence-electron chi connectivity index (χ2n) is 5.18. The van der Waals surface area contributed by atoms with Crippen molar-refractivity contribution in [3.63, 3.8) is 0 Å². The van der Waals surface area contributed by atoms with Crippen LogP contribution in [0, 0.1) is 0 Å². The third-order valence-electron chi connectivity index (χ3n) is 3.24. The zero-order valence-corrected chi connectivity index (χ0v) is 18.0. The Kier molecular flexibility index (Phi) is 5.88. The smallest absolute Gasteiger partial charge is 0.283 e. The number of sulfonamides is 2. The standard InChI is InChI=1S/C14H8Cl3N3O5S3/c15-7-5-10(17)12(21)11(6-7)27(22,23)20-28(24,25)14-19-18-13(26-14)8-3-1-2-4-9(8)16/h1-6,20-21H. The first kappa shape index (κ1) is 21.2. The van der Waals surface area contributed by atoms with E-state index in [1.807, 2.05) is 0 Å². The average Bonchev–Trinajstić information content (AvgIpc) is 3.08. The molecule has 8 nitrogen and oxygen atoms in total. The lowest BCUT2D eigenvalue weighted by Crippen LogP contribution is -2.30. The molecule has 14 heteroatoms. The molecule has 3 rings (SSSR count). The molecule has 0 atom stereocenters. The van der Waals surface area contributed by atoms with Crippen LogP contribution in [-0.2, 0) is 20.0 Å². The van der Waals surface area contributed by atoms with Gasteiger partial charge in [-0.3, -0.25) is 0 Å². The molecular formula is C14H8Cl3N3O5S3. The molecular weight excluding hydrogens is 493 g/mol. The van der Waals surface area contributed by atoms with Crippen molar-refractivity contribution in [2.45, 2.75) is 9.24 Å². The fraction of sp³-hybridized carbons (Fsp3) is 0. The maximum atomic E-state index is 12.5. The maximum Gasteiger partial charge on any atom is 0.283 e. The highest BCUT2D eigenvalue weighted by Gasteiger charge is 2.31. The van der Waals surface area contributed by atoms with Gasteiger partial charge in [0.05, 0.1) is 10.0 Å². The molecule has 0 unspecified atom stereocenters. The molecule has 0 saturated heterocycles. The lowest BCUT2D eigenvalue weighted by atomic mass is 10.2. The summed E-state index contributed by atoms with van der Waals surface area (Å²) in [6.45, 7) is 0. The molecule has 0 fully saturated rings.